The molecule has 0 spiro atoms. The Bertz CT molecular complexity index is 1160. The van der Waals surface area contributed by atoms with Crippen LogP contribution in [0, 0.1) is 12.8 Å². The van der Waals surface area contributed by atoms with Crippen molar-refractivity contribution in [2.24, 2.45) is 5.92 Å². The highest BCUT2D eigenvalue weighted by atomic mass is 16.7. The summed E-state index contributed by atoms with van der Waals surface area (Å²) in [5, 5.41) is 0.556. The molecule has 3 heterocycles. The fourth-order valence-corrected chi connectivity index (χ4v) is 4.36. The Kier molecular flexibility index (Phi) is 4.24. The molecule has 1 saturated heterocycles. The molecule has 5 rings (SSSR count). The van der Waals surface area contributed by atoms with Gasteiger partial charge in [0.05, 0.1) is 31.8 Å². The van der Waals surface area contributed by atoms with Crippen LogP contribution >= 0.6 is 0 Å². The van der Waals surface area contributed by atoms with E-state index in [1.165, 1.54) is 0 Å². The number of benzene rings is 2. The first-order valence-corrected chi connectivity index (χ1v) is 9.70. The highest BCUT2D eigenvalue weighted by Crippen LogP contribution is 2.40. The smallest absolute Gasteiger partial charge is 0.203 e. The minimum Gasteiger partial charge on any atom is -0.493 e. The minimum absolute atomic E-state index is 0.0661. The molecule has 0 radical (unpaired) electrons. The van der Waals surface area contributed by atoms with Gasteiger partial charge in [0.25, 0.3) is 0 Å². The van der Waals surface area contributed by atoms with E-state index in [1.54, 1.807) is 32.4 Å². The van der Waals surface area contributed by atoms with Crippen LogP contribution in [0.1, 0.15) is 17.7 Å². The Morgan fingerprint density at radius 3 is 2.69 bits per heavy atom. The molecule has 2 unspecified atom stereocenters. The maximum atomic E-state index is 13.4. The third kappa shape index (κ3) is 2.78. The molecule has 0 aliphatic carbocycles. The van der Waals surface area contributed by atoms with Crippen molar-refractivity contribution >= 4 is 11.0 Å². The Morgan fingerprint density at radius 2 is 1.90 bits per heavy atom. The lowest BCUT2D eigenvalue weighted by atomic mass is 9.92. The molecule has 29 heavy (non-hydrogen) atoms. The Hall–Kier alpha value is -2.99. The monoisotopic (exact) mass is 394 g/mol. The van der Waals surface area contributed by atoms with Crippen molar-refractivity contribution in [1.29, 1.82) is 0 Å². The second kappa shape index (κ2) is 6.81. The van der Waals surface area contributed by atoms with Crippen molar-refractivity contribution in [3.05, 3.63) is 51.9 Å². The number of ether oxygens (including phenoxy) is 4. The van der Waals surface area contributed by atoms with E-state index in [0.29, 0.717) is 46.3 Å². The molecule has 2 aliphatic rings. The van der Waals surface area contributed by atoms with Gasteiger partial charge in [-0.2, -0.15) is 0 Å². The van der Waals surface area contributed by atoms with Crippen LogP contribution in [0.25, 0.3) is 22.1 Å². The zero-order valence-corrected chi connectivity index (χ0v) is 16.6. The summed E-state index contributed by atoms with van der Waals surface area (Å²) in [6.07, 6.45) is 1.54. The summed E-state index contributed by atoms with van der Waals surface area (Å²) in [6.45, 7) is 2.52. The number of hydrogen-bond donors (Lipinski definition) is 0. The first-order valence-electron chi connectivity index (χ1n) is 9.70. The molecule has 3 aromatic rings. The van der Waals surface area contributed by atoms with Crippen molar-refractivity contribution in [3.8, 4) is 28.4 Å². The first kappa shape index (κ1) is 18.1. The SMILES string of the molecule is COc1ccc(-c2c(C)oc3c4c(ccc3c2=O)OC2OCCC2C4)cc1OC. The average molecular weight is 394 g/mol. The van der Waals surface area contributed by atoms with Crippen LogP contribution in [0.4, 0.5) is 0 Å². The summed E-state index contributed by atoms with van der Waals surface area (Å²) in [4.78, 5) is 13.4. The quantitative estimate of drug-likeness (QED) is 0.667. The lowest BCUT2D eigenvalue weighted by Crippen LogP contribution is -2.29. The molecule has 0 amide bonds. The largest absolute Gasteiger partial charge is 0.493 e. The van der Waals surface area contributed by atoms with Crippen LogP contribution in [0.2, 0.25) is 0 Å². The number of methoxy groups -OCH3 is 2. The molecule has 150 valence electrons. The Morgan fingerprint density at radius 1 is 1.07 bits per heavy atom. The van der Waals surface area contributed by atoms with E-state index in [-0.39, 0.29) is 11.7 Å². The zero-order chi connectivity index (χ0) is 20.1. The predicted octanol–water partition coefficient (Wildman–Crippen LogP) is 4.08. The van der Waals surface area contributed by atoms with E-state index in [0.717, 1.165) is 29.7 Å². The van der Waals surface area contributed by atoms with Crippen LogP contribution in [0.3, 0.4) is 0 Å². The van der Waals surface area contributed by atoms with Crippen LogP contribution in [-0.2, 0) is 11.2 Å². The molecular weight excluding hydrogens is 372 g/mol. The van der Waals surface area contributed by atoms with E-state index in [9.17, 15) is 4.79 Å². The second-order valence-corrected chi connectivity index (χ2v) is 7.46. The third-order valence-corrected chi connectivity index (χ3v) is 5.83. The maximum absolute atomic E-state index is 13.4. The van der Waals surface area contributed by atoms with Gasteiger partial charge in [0, 0.05) is 11.5 Å². The topological polar surface area (TPSA) is 67.1 Å². The summed E-state index contributed by atoms with van der Waals surface area (Å²) in [6, 6.07) is 9.05. The molecule has 1 aromatic heterocycles. The number of fused-ring (bicyclic) bond motifs is 4. The van der Waals surface area contributed by atoms with Crippen molar-refractivity contribution in [1.82, 2.24) is 0 Å². The fourth-order valence-electron chi connectivity index (χ4n) is 4.36. The van der Waals surface area contributed by atoms with Crippen LogP contribution < -0.4 is 19.6 Å². The van der Waals surface area contributed by atoms with E-state index in [2.05, 4.69) is 0 Å². The minimum atomic E-state index is -0.196. The molecule has 2 aromatic carbocycles. The van der Waals surface area contributed by atoms with Gasteiger partial charge in [0.2, 0.25) is 11.7 Å². The van der Waals surface area contributed by atoms with E-state index >= 15 is 0 Å². The van der Waals surface area contributed by atoms with Gasteiger partial charge in [-0.05, 0) is 49.6 Å². The average Bonchev–Trinajstić information content (AvgIpc) is 3.19. The molecule has 2 aliphatic heterocycles. The number of rotatable bonds is 3. The summed E-state index contributed by atoms with van der Waals surface area (Å²) >= 11 is 0. The molecule has 0 saturated carbocycles. The summed E-state index contributed by atoms with van der Waals surface area (Å²) in [5.74, 6) is 2.77. The summed E-state index contributed by atoms with van der Waals surface area (Å²) in [5.41, 5.74) is 2.75. The molecule has 0 bridgehead atoms. The predicted molar refractivity (Wildman–Crippen MR) is 108 cm³/mol. The second-order valence-electron chi connectivity index (χ2n) is 7.46. The molecule has 6 heteroatoms. The summed E-state index contributed by atoms with van der Waals surface area (Å²) in [7, 11) is 3.15. The van der Waals surface area contributed by atoms with Crippen molar-refractivity contribution < 1.29 is 23.4 Å². The normalized spacial score (nSPS) is 20.1. The van der Waals surface area contributed by atoms with Gasteiger partial charge in [0.1, 0.15) is 17.1 Å². The molecule has 6 nitrogen and oxygen atoms in total. The van der Waals surface area contributed by atoms with Crippen molar-refractivity contribution in [2.45, 2.75) is 26.1 Å². The van der Waals surface area contributed by atoms with Crippen LogP contribution in [0.5, 0.6) is 17.2 Å². The number of hydrogen-bond acceptors (Lipinski definition) is 6. The zero-order valence-electron chi connectivity index (χ0n) is 16.6. The van der Waals surface area contributed by atoms with Gasteiger partial charge in [-0.25, -0.2) is 0 Å². The summed E-state index contributed by atoms with van der Waals surface area (Å²) < 4.78 is 28.6. The van der Waals surface area contributed by atoms with E-state index < -0.39 is 0 Å². The number of aryl methyl sites for hydroxylation is 1. The van der Waals surface area contributed by atoms with Gasteiger partial charge in [0.15, 0.2) is 11.5 Å². The van der Waals surface area contributed by atoms with E-state index in [1.807, 2.05) is 19.1 Å². The highest BCUT2D eigenvalue weighted by molar-refractivity contribution is 5.87. The van der Waals surface area contributed by atoms with Crippen molar-refractivity contribution in [3.63, 3.8) is 0 Å². The molecule has 1 fully saturated rings. The molecule has 0 N–H and O–H groups in total. The Labute approximate surface area is 167 Å². The fraction of sp³-hybridized carbons (Fsp3) is 0.348. The van der Waals surface area contributed by atoms with Crippen LogP contribution in [-0.4, -0.2) is 27.1 Å². The van der Waals surface area contributed by atoms with Gasteiger partial charge in [-0.15, -0.1) is 0 Å². The lowest BCUT2D eigenvalue weighted by molar-refractivity contribution is -0.0697. The van der Waals surface area contributed by atoms with Gasteiger partial charge >= 0.3 is 0 Å². The maximum Gasteiger partial charge on any atom is 0.203 e. The lowest BCUT2D eigenvalue weighted by Gasteiger charge is -2.28. The molecular formula is C23H22O6. The van der Waals surface area contributed by atoms with Crippen LogP contribution in [0.15, 0.2) is 39.5 Å². The Balaban J connectivity index is 1.68. The first-order chi connectivity index (χ1) is 14.1. The van der Waals surface area contributed by atoms with Gasteiger partial charge in [-0.3, -0.25) is 4.79 Å². The third-order valence-electron chi connectivity index (χ3n) is 5.83. The van der Waals surface area contributed by atoms with Crippen molar-refractivity contribution in [2.75, 3.05) is 20.8 Å². The highest BCUT2D eigenvalue weighted by Gasteiger charge is 2.36. The standard InChI is InChI=1S/C23H22O6/c1-12-20(13-4-6-18(25-2)19(11-13)26-3)21(24)15-5-7-17-16(22(15)28-12)10-14-8-9-27-23(14)29-17/h4-7,11,14,23H,8-10H2,1-3H3. The molecule has 2 atom stereocenters. The van der Waals surface area contributed by atoms with Gasteiger partial charge < -0.3 is 23.4 Å². The van der Waals surface area contributed by atoms with Gasteiger partial charge in [-0.1, -0.05) is 6.07 Å². The van der Waals surface area contributed by atoms with E-state index in [4.69, 9.17) is 23.4 Å².